The number of nitrogens with one attached hydrogen (secondary N) is 1. The molecule has 212 valence electrons. The van der Waals surface area contributed by atoms with Gasteiger partial charge in [0.25, 0.3) is 0 Å². The smallest absolute Gasteiger partial charge is 0.338 e. The first-order valence-electron chi connectivity index (χ1n) is 13.2. The first-order chi connectivity index (χ1) is 19.3. The normalized spacial score (nSPS) is 16.4. The maximum atomic E-state index is 13.3. The third-order valence-corrected chi connectivity index (χ3v) is 7.35. The maximum absolute atomic E-state index is 13.3. The van der Waals surface area contributed by atoms with Crippen LogP contribution in [0.15, 0.2) is 75.9 Å². The molecule has 2 aliphatic rings. The highest BCUT2D eigenvalue weighted by Crippen LogP contribution is 2.46. The number of methoxy groups -OCH3 is 1. The minimum absolute atomic E-state index is 0.0973. The molecule has 1 N–H and O–H groups in total. The third kappa shape index (κ3) is 6.86. The van der Waals surface area contributed by atoms with Crippen LogP contribution >= 0.6 is 11.8 Å². The van der Waals surface area contributed by atoms with Crippen molar-refractivity contribution in [3.05, 3.63) is 82.0 Å². The Morgan fingerprint density at radius 3 is 2.60 bits per heavy atom. The second-order valence-corrected chi connectivity index (χ2v) is 10.5. The number of nitrogens with zero attached hydrogens (tertiary/aromatic N) is 3. The molecule has 4 rings (SSSR count). The molecule has 0 fully saturated rings. The minimum Gasteiger partial charge on any atom is -0.493 e. The number of hydrogen-bond acceptors (Lipinski definition) is 9. The summed E-state index contributed by atoms with van der Waals surface area (Å²) in [5.41, 5.74) is 3.59. The molecular weight excluding hydrogens is 528 g/mol. The van der Waals surface area contributed by atoms with E-state index in [1.54, 1.807) is 14.0 Å². The molecule has 9 nitrogen and oxygen atoms in total. The van der Waals surface area contributed by atoms with Gasteiger partial charge in [-0.2, -0.15) is 0 Å². The number of ether oxygens (including phenoxy) is 3. The summed E-state index contributed by atoms with van der Waals surface area (Å²) >= 11 is 1.44. The van der Waals surface area contributed by atoms with Crippen molar-refractivity contribution in [2.45, 2.75) is 32.9 Å². The summed E-state index contributed by atoms with van der Waals surface area (Å²) in [5.74, 6) is 0.588. The number of aliphatic imine (C=N–C) groups is 1. The summed E-state index contributed by atoms with van der Waals surface area (Å²) in [6.45, 7) is 5.50. The van der Waals surface area contributed by atoms with Gasteiger partial charge in [0.1, 0.15) is 6.61 Å². The highest BCUT2D eigenvalue weighted by molar-refractivity contribution is 8.16. The monoisotopic (exact) mass is 564 g/mol. The van der Waals surface area contributed by atoms with Gasteiger partial charge in [-0.25, -0.2) is 9.79 Å². The molecule has 0 aromatic heterocycles. The van der Waals surface area contributed by atoms with Crippen molar-refractivity contribution in [1.82, 2.24) is 15.1 Å². The number of rotatable bonds is 12. The Kier molecular flexibility index (Phi) is 9.89. The molecule has 2 aromatic carbocycles. The third-order valence-electron chi connectivity index (χ3n) is 6.46. The topological polar surface area (TPSA) is 92.7 Å². The molecule has 1 atom stereocenters. The molecule has 2 heterocycles. The summed E-state index contributed by atoms with van der Waals surface area (Å²) in [6.07, 6.45) is 0.153. The van der Waals surface area contributed by atoms with Gasteiger partial charge in [0.15, 0.2) is 16.7 Å². The number of thioether (sulfide) groups is 1. The zero-order valence-electron chi connectivity index (χ0n) is 23.6. The first kappa shape index (κ1) is 29.2. The van der Waals surface area contributed by atoms with E-state index in [0.29, 0.717) is 41.1 Å². The second-order valence-electron chi connectivity index (χ2n) is 9.63. The zero-order chi connectivity index (χ0) is 28.6. The van der Waals surface area contributed by atoms with E-state index in [1.165, 1.54) is 11.8 Å². The zero-order valence-corrected chi connectivity index (χ0v) is 24.4. The standard InChI is InChI=1S/C30H36N4O5S/c1-6-38-29(36)27-20(2)32-30-34(23(19-40-30)17-26(35)31-14-15-33(3)4)28(27)22-12-13-24(25(16-22)37-5)39-18-21-10-8-7-9-11-21/h7-13,16,19,28H,6,14-15,17-18H2,1-5H3,(H,31,35). The van der Waals surface area contributed by atoms with Crippen molar-refractivity contribution in [3.63, 3.8) is 0 Å². The lowest BCUT2D eigenvalue weighted by Crippen LogP contribution is -2.38. The van der Waals surface area contributed by atoms with Crippen molar-refractivity contribution < 1.29 is 23.8 Å². The lowest BCUT2D eigenvalue weighted by Gasteiger charge is -2.36. The van der Waals surface area contributed by atoms with Crippen LogP contribution in [0.2, 0.25) is 0 Å². The van der Waals surface area contributed by atoms with Crippen LogP contribution in [-0.2, 0) is 20.9 Å². The summed E-state index contributed by atoms with van der Waals surface area (Å²) in [4.78, 5) is 34.8. The quantitative estimate of drug-likeness (QED) is 0.378. The van der Waals surface area contributed by atoms with E-state index in [9.17, 15) is 9.59 Å². The van der Waals surface area contributed by atoms with Crippen LogP contribution in [0.4, 0.5) is 0 Å². The molecule has 0 saturated carbocycles. The van der Waals surface area contributed by atoms with Crippen LogP contribution < -0.4 is 14.8 Å². The van der Waals surface area contributed by atoms with E-state index in [2.05, 4.69) is 5.32 Å². The summed E-state index contributed by atoms with van der Waals surface area (Å²) in [5, 5.41) is 5.60. The lowest BCUT2D eigenvalue weighted by molar-refractivity contribution is -0.139. The Bertz CT molecular complexity index is 1320. The molecule has 10 heteroatoms. The van der Waals surface area contributed by atoms with Gasteiger partial charge in [0, 0.05) is 18.8 Å². The molecule has 0 bridgehead atoms. The first-order valence-corrected chi connectivity index (χ1v) is 14.1. The van der Waals surface area contributed by atoms with Crippen molar-refractivity contribution in [2.24, 2.45) is 4.99 Å². The fourth-order valence-electron chi connectivity index (χ4n) is 4.51. The molecule has 0 spiro atoms. The number of esters is 1. The number of benzene rings is 2. The minimum atomic E-state index is -0.556. The Morgan fingerprint density at radius 1 is 1.12 bits per heavy atom. The van der Waals surface area contributed by atoms with Gasteiger partial charge >= 0.3 is 5.97 Å². The van der Waals surface area contributed by atoms with Crippen molar-refractivity contribution in [1.29, 1.82) is 0 Å². The van der Waals surface area contributed by atoms with Gasteiger partial charge in [-0.1, -0.05) is 48.2 Å². The Balaban J connectivity index is 1.65. The second kappa shape index (κ2) is 13.5. The molecule has 1 amide bonds. The van der Waals surface area contributed by atoms with Crippen molar-refractivity contribution in [2.75, 3.05) is 40.9 Å². The van der Waals surface area contributed by atoms with Gasteiger partial charge in [-0.15, -0.1) is 0 Å². The summed E-state index contributed by atoms with van der Waals surface area (Å²) < 4.78 is 17.2. The molecule has 2 aromatic rings. The number of amidine groups is 1. The number of carbonyl (C=O) groups is 2. The fraction of sp³-hybridized carbons (Fsp3) is 0.367. The van der Waals surface area contributed by atoms with E-state index in [0.717, 1.165) is 23.4 Å². The van der Waals surface area contributed by atoms with Gasteiger partial charge < -0.3 is 29.3 Å². The molecule has 2 aliphatic heterocycles. The van der Waals surface area contributed by atoms with Crippen LogP contribution in [-0.4, -0.2) is 67.7 Å². The van der Waals surface area contributed by atoms with Gasteiger partial charge in [-0.3, -0.25) is 4.79 Å². The SMILES string of the molecule is CCOC(=O)C1=C(C)N=C2SC=C(CC(=O)NCCN(C)C)N2C1c1ccc(OCc2ccccc2)c(OC)c1. The van der Waals surface area contributed by atoms with Crippen LogP contribution in [0.1, 0.15) is 37.4 Å². The van der Waals surface area contributed by atoms with E-state index < -0.39 is 12.0 Å². The van der Waals surface area contributed by atoms with E-state index >= 15 is 0 Å². The van der Waals surface area contributed by atoms with Crippen molar-refractivity contribution in [3.8, 4) is 11.5 Å². The lowest BCUT2D eigenvalue weighted by atomic mass is 9.93. The molecule has 1 unspecified atom stereocenters. The molecule has 0 radical (unpaired) electrons. The molecule has 0 aliphatic carbocycles. The predicted octanol–water partition coefficient (Wildman–Crippen LogP) is 4.48. The average molecular weight is 565 g/mol. The Hall–Kier alpha value is -3.76. The number of likely N-dealkylation sites (N-methyl/N-ethyl adjacent to an activating group) is 1. The number of allylic oxidation sites excluding steroid dienone is 1. The Morgan fingerprint density at radius 2 is 1.90 bits per heavy atom. The van der Waals surface area contributed by atoms with Gasteiger partial charge in [0.05, 0.1) is 37.4 Å². The van der Waals surface area contributed by atoms with E-state index in [-0.39, 0.29) is 18.9 Å². The molecule has 0 saturated heterocycles. The van der Waals surface area contributed by atoms with Crippen LogP contribution in [0, 0.1) is 0 Å². The van der Waals surface area contributed by atoms with E-state index in [1.807, 2.05) is 84.8 Å². The number of hydrogen-bond donors (Lipinski definition) is 1. The number of fused-ring (bicyclic) bond motifs is 1. The van der Waals surface area contributed by atoms with Gasteiger partial charge in [-0.05, 0) is 56.6 Å². The fourth-order valence-corrected chi connectivity index (χ4v) is 5.47. The van der Waals surface area contributed by atoms with Gasteiger partial charge in [0.2, 0.25) is 5.91 Å². The van der Waals surface area contributed by atoms with Crippen molar-refractivity contribution >= 4 is 28.8 Å². The molecule has 40 heavy (non-hydrogen) atoms. The number of carbonyl (C=O) groups excluding carboxylic acids is 2. The summed E-state index contributed by atoms with van der Waals surface area (Å²) in [7, 11) is 5.51. The molecular formula is C30H36N4O5S. The number of amides is 1. The van der Waals surface area contributed by atoms with Crippen LogP contribution in [0.5, 0.6) is 11.5 Å². The highest BCUT2D eigenvalue weighted by Gasteiger charge is 2.41. The predicted molar refractivity (Wildman–Crippen MR) is 157 cm³/mol. The largest absolute Gasteiger partial charge is 0.493 e. The van der Waals surface area contributed by atoms with Crippen LogP contribution in [0.25, 0.3) is 0 Å². The summed E-state index contributed by atoms with van der Waals surface area (Å²) in [6, 6.07) is 15.0. The average Bonchev–Trinajstić information content (AvgIpc) is 3.33. The maximum Gasteiger partial charge on any atom is 0.338 e. The Labute approximate surface area is 239 Å². The van der Waals surface area contributed by atoms with Crippen LogP contribution in [0.3, 0.4) is 0 Å². The van der Waals surface area contributed by atoms with E-state index in [4.69, 9.17) is 19.2 Å². The highest BCUT2D eigenvalue weighted by atomic mass is 32.2.